The minimum Gasteiger partial charge on any atom is -0.481 e. The van der Waals surface area contributed by atoms with Gasteiger partial charge in [0.1, 0.15) is 6.10 Å². The molecule has 0 saturated carbocycles. The van der Waals surface area contributed by atoms with Crippen molar-refractivity contribution < 1.29 is 25.2 Å². The van der Waals surface area contributed by atoms with Gasteiger partial charge in [-0.05, 0) is 25.7 Å². The fraction of sp³-hybridized carbons (Fsp3) is 0.550. The Hall–Kier alpha value is -1.69. The summed E-state index contributed by atoms with van der Waals surface area (Å²) in [6, 6.07) is 0. The molecule has 0 heterocycles. The lowest BCUT2D eigenvalue weighted by atomic mass is 10.1. The van der Waals surface area contributed by atoms with Crippen LogP contribution < -0.4 is 0 Å². The summed E-state index contributed by atoms with van der Waals surface area (Å²) in [5.74, 6) is -0.838. The normalized spacial score (nSPS) is 15.0. The molecule has 0 bridgehead atoms. The van der Waals surface area contributed by atoms with E-state index in [0.717, 1.165) is 32.1 Å². The minimum absolute atomic E-state index is 0.0832. The molecule has 0 rings (SSSR count). The predicted molar refractivity (Wildman–Crippen MR) is 100 cm³/mol. The number of hydrogen-bond donors (Lipinski definition) is 3. The van der Waals surface area contributed by atoms with E-state index in [4.69, 9.17) is 10.4 Å². The van der Waals surface area contributed by atoms with Crippen LogP contribution in [0.1, 0.15) is 58.3 Å². The van der Waals surface area contributed by atoms with Crippen molar-refractivity contribution in [3.8, 4) is 0 Å². The molecule has 142 valence electrons. The van der Waals surface area contributed by atoms with Crippen molar-refractivity contribution in [2.45, 2.75) is 70.5 Å². The van der Waals surface area contributed by atoms with Gasteiger partial charge in [0.15, 0.2) is 0 Å². The third kappa shape index (κ3) is 16.9. The highest BCUT2D eigenvalue weighted by atomic mass is 17.1. The van der Waals surface area contributed by atoms with Gasteiger partial charge in [-0.15, -0.1) is 0 Å². The number of hydrogen-bond acceptors (Lipinski definition) is 4. The average molecular weight is 352 g/mol. The number of unbranched alkanes of at least 4 members (excludes halogenated alkanes) is 2. The average Bonchev–Trinajstić information content (AvgIpc) is 2.58. The molecule has 0 aromatic carbocycles. The lowest BCUT2D eigenvalue weighted by molar-refractivity contribution is -0.267. The summed E-state index contributed by atoms with van der Waals surface area (Å²) in [6.07, 6.45) is 19.8. The number of carbonyl (C=O) groups is 1. The molecule has 0 amide bonds. The van der Waals surface area contributed by atoms with Gasteiger partial charge >= 0.3 is 5.97 Å². The van der Waals surface area contributed by atoms with Crippen molar-refractivity contribution in [1.82, 2.24) is 0 Å². The van der Waals surface area contributed by atoms with Crippen molar-refractivity contribution in [1.29, 1.82) is 0 Å². The molecular formula is C20H32O5. The lowest BCUT2D eigenvalue weighted by Crippen LogP contribution is -2.06. The molecule has 5 nitrogen and oxygen atoms in total. The van der Waals surface area contributed by atoms with Crippen LogP contribution in [-0.4, -0.2) is 33.6 Å². The molecule has 2 atom stereocenters. The Morgan fingerprint density at radius 1 is 1.00 bits per heavy atom. The fourth-order valence-corrected chi connectivity index (χ4v) is 2.11. The maximum Gasteiger partial charge on any atom is 0.303 e. The van der Waals surface area contributed by atoms with E-state index in [1.54, 1.807) is 12.2 Å². The van der Waals surface area contributed by atoms with E-state index in [2.05, 4.69) is 11.8 Å². The summed E-state index contributed by atoms with van der Waals surface area (Å²) in [5.41, 5.74) is 0. The van der Waals surface area contributed by atoms with E-state index in [1.807, 2.05) is 36.5 Å². The predicted octanol–water partition coefficient (Wildman–Crippen LogP) is 4.66. The molecule has 0 fully saturated rings. The highest BCUT2D eigenvalue weighted by Crippen LogP contribution is 2.07. The van der Waals surface area contributed by atoms with E-state index in [0.29, 0.717) is 12.8 Å². The quantitative estimate of drug-likeness (QED) is 0.173. The van der Waals surface area contributed by atoms with Gasteiger partial charge in [0.05, 0.1) is 6.10 Å². The molecule has 0 aliphatic heterocycles. The first-order chi connectivity index (χ1) is 12.1. The summed E-state index contributed by atoms with van der Waals surface area (Å²) >= 11 is 0. The Labute approximate surface area is 151 Å². The summed E-state index contributed by atoms with van der Waals surface area (Å²) in [4.78, 5) is 14.8. The van der Waals surface area contributed by atoms with E-state index >= 15 is 0 Å². The molecule has 0 unspecified atom stereocenters. The zero-order valence-corrected chi connectivity index (χ0v) is 15.1. The number of carboxylic acid groups (broad SMARTS) is 1. The van der Waals surface area contributed by atoms with Gasteiger partial charge in [-0.25, -0.2) is 4.89 Å². The Morgan fingerprint density at radius 3 is 2.28 bits per heavy atom. The molecule has 0 aliphatic rings. The fourth-order valence-electron chi connectivity index (χ4n) is 2.11. The van der Waals surface area contributed by atoms with Gasteiger partial charge in [0.2, 0.25) is 0 Å². The molecule has 0 aromatic heterocycles. The number of aliphatic hydroxyl groups excluding tert-OH is 1. The maximum atomic E-state index is 10.4. The van der Waals surface area contributed by atoms with Crippen LogP contribution in [0.2, 0.25) is 0 Å². The minimum atomic E-state index is -0.838. The van der Waals surface area contributed by atoms with Crippen molar-refractivity contribution in [2.75, 3.05) is 0 Å². The molecule has 0 radical (unpaired) electrons. The highest BCUT2D eigenvalue weighted by molar-refractivity contribution is 5.66. The van der Waals surface area contributed by atoms with Crippen molar-refractivity contribution in [3.05, 3.63) is 48.6 Å². The molecule has 0 saturated heterocycles. The van der Waals surface area contributed by atoms with E-state index in [-0.39, 0.29) is 12.5 Å². The van der Waals surface area contributed by atoms with Crippen molar-refractivity contribution >= 4 is 5.97 Å². The Morgan fingerprint density at radius 2 is 1.68 bits per heavy atom. The Bertz CT molecular complexity index is 437. The molecular weight excluding hydrogens is 320 g/mol. The van der Waals surface area contributed by atoms with Gasteiger partial charge in [-0.3, -0.25) is 10.1 Å². The van der Waals surface area contributed by atoms with Gasteiger partial charge in [0.25, 0.3) is 0 Å². The number of carboxylic acids is 1. The molecule has 0 spiro atoms. The second kappa shape index (κ2) is 17.1. The standard InChI is InChI=1S/C20H32O5/c1-2-3-9-15-19(25-24)16-11-8-6-4-5-7-10-13-18(21)14-12-17-20(22)23/h5-8,10-11,13,16,18-19,21,24H,2-4,9,12,14-15,17H2,1H3,(H,22,23)/b7-5-,8-6-,13-10+,16-11+/t18-,19+/m1/s1. The number of aliphatic carboxylic acids is 1. The third-order valence-corrected chi connectivity index (χ3v) is 3.54. The number of aliphatic hydroxyl groups is 1. The van der Waals surface area contributed by atoms with Crippen LogP contribution in [-0.2, 0) is 9.68 Å². The number of rotatable bonds is 15. The van der Waals surface area contributed by atoms with Gasteiger partial charge in [-0.1, -0.05) is 74.8 Å². The maximum absolute atomic E-state index is 10.4. The molecule has 0 aliphatic carbocycles. The Balaban J connectivity index is 3.87. The summed E-state index contributed by atoms with van der Waals surface area (Å²) in [5, 5.41) is 26.9. The monoisotopic (exact) mass is 352 g/mol. The van der Waals surface area contributed by atoms with E-state index in [1.165, 1.54) is 0 Å². The van der Waals surface area contributed by atoms with Crippen LogP contribution >= 0.6 is 0 Å². The van der Waals surface area contributed by atoms with Crippen LogP contribution in [0.15, 0.2) is 48.6 Å². The van der Waals surface area contributed by atoms with Crippen molar-refractivity contribution in [2.24, 2.45) is 0 Å². The first-order valence-corrected chi connectivity index (χ1v) is 8.96. The summed E-state index contributed by atoms with van der Waals surface area (Å²) in [6.45, 7) is 2.14. The first kappa shape index (κ1) is 23.3. The largest absolute Gasteiger partial charge is 0.481 e. The molecule has 25 heavy (non-hydrogen) atoms. The Kier molecular flexibility index (Phi) is 16.0. The zero-order chi connectivity index (χ0) is 18.8. The van der Waals surface area contributed by atoms with Gasteiger partial charge in [-0.2, -0.15) is 0 Å². The van der Waals surface area contributed by atoms with Crippen LogP contribution in [0.25, 0.3) is 0 Å². The van der Waals surface area contributed by atoms with Crippen LogP contribution in [0, 0.1) is 0 Å². The summed E-state index contributed by atoms with van der Waals surface area (Å²) < 4.78 is 0. The van der Waals surface area contributed by atoms with Gasteiger partial charge < -0.3 is 10.2 Å². The number of allylic oxidation sites excluding steroid dienone is 6. The van der Waals surface area contributed by atoms with Crippen LogP contribution in [0.5, 0.6) is 0 Å². The van der Waals surface area contributed by atoms with E-state index < -0.39 is 12.1 Å². The molecule has 5 heteroatoms. The zero-order valence-electron chi connectivity index (χ0n) is 15.1. The molecule has 0 aromatic rings. The molecule has 3 N–H and O–H groups in total. The van der Waals surface area contributed by atoms with E-state index in [9.17, 15) is 9.90 Å². The lowest BCUT2D eigenvalue weighted by Gasteiger charge is -2.07. The highest BCUT2D eigenvalue weighted by Gasteiger charge is 2.02. The van der Waals surface area contributed by atoms with Crippen LogP contribution in [0.4, 0.5) is 0 Å². The van der Waals surface area contributed by atoms with Crippen LogP contribution in [0.3, 0.4) is 0 Å². The SMILES string of the molecule is CCCCC[C@@H](/C=C/C=C\C/C=C\C=C\[C@@H](O)CCCC(=O)O)OO. The smallest absolute Gasteiger partial charge is 0.303 e. The topological polar surface area (TPSA) is 87.0 Å². The van der Waals surface area contributed by atoms with Crippen molar-refractivity contribution in [3.63, 3.8) is 0 Å². The second-order valence-corrected chi connectivity index (χ2v) is 5.85. The first-order valence-electron chi connectivity index (χ1n) is 8.96. The van der Waals surface area contributed by atoms with Gasteiger partial charge in [0, 0.05) is 6.42 Å². The third-order valence-electron chi connectivity index (χ3n) is 3.54. The summed E-state index contributed by atoms with van der Waals surface area (Å²) in [7, 11) is 0. The second-order valence-electron chi connectivity index (χ2n) is 5.85.